The molecule has 0 radical (unpaired) electrons. The maximum atomic E-state index is 6.13. The van der Waals surface area contributed by atoms with E-state index >= 15 is 0 Å². The van der Waals surface area contributed by atoms with Crippen molar-refractivity contribution >= 4 is 5.96 Å². The summed E-state index contributed by atoms with van der Waals surface area (Å²) >= 11 is 0. The molecule has 3 nitrogen and oxygen atoms in total. The van der Waals surface area contributed by atoms with E-state index in [-0.39, 0.29) is 0 Å². The van der Waals surface area contributed by atoms with E-state index in [0.29, 0.717) is 18.0 Å². The summed E-state index contributed by atoms with van der Waals surface area (Å²) in [6.07, 6.45) is 13.7. The highest BCUT2D eigenvalue weighted by atomic mass is 15.1. The molecule has 0 unspecified atom stereocenters. The molecule has 2 saturated carbocycles. The fraction of sp³-hybridized carbons (Fsp3) is 0.941. The Hall–Kier alpha value is -0.730. The third kappa shape index (κ3) is 4.68. The summed E-state index contributed by atoms with van der Waals surface area (Å²) < 4.78 is 0. The topological polar surface area (TPSA) is 50.4 Å². The van der Waals surface area contributed by atoms with Gasteiger partial charge in [-0.25, -0.2) is 0 Å². The maximum Gasteiger partial charge on any atom is 0.189 e. The molecule has 0 aromatic carbocycles. The lowest BCUT2D eigenvalue weighted by Crippen LogP contribution is -2.43. The summed E-state index contributed by atoms with van der Waals surface area (Å²) in [7, 11) is 0. The van der Waals surface area contributed by atoms with Crippen LogP contribution in [0.1, 0.15) is 78.1 Å². The van der Waals surface area contributed by atoms with Crippen LogP contribution in [0.4, 0.5) is 0 Å². The van der Waals surface area contributed by atoms with Crippen LogP contribution in [-0.2, 0) is 0 Å². The van der Waals surface area contributed by atoms with Crippen LogP contribution in [0.2, 0.25) is 0 Å². The third-order valence-corrected chi connectivity index (χ3v) is 5.41. The first kappa shape index (κ1) is 15.7. The Morgan fingerprint density at radius 1 is 0.900 bits per heavy atom. The first-order valence-corrected chi connectivity index (χ1v) is 8.76. The lowest BCUT2D eigenvalue weighted by Gasteiger charge is -2.29. The van der Waals surface area contributed by atoms with Gasteiger partial charge in [-0.15, -0.1) is 0 Å². The van der Waals surface area contributed by atoms with E-state index in [4.69, 9.17) is 10.7 Å². The molecule has 0 aromatic heterocycles. The number of rotatable bonds is 4. The molecule has 0 amide bonds. The predicted octanol–water partition coefficient (Wildman–Crippen LogP) is 3.83. The Bertz CT molecular complexity index is 301. The first-order chi connectivity index (χ1) is 9.66. The lowest BCUT2D eigenvalue weighted by molar-refractivity contribution is 0.298. The van der Waals surface area contributed by atoms with Crippen molar-refractivity contribution in [1.29, 1.82) is 0 Å². The molecule has 2 aliphatic carbocycles. The van der Waals surface area contributed by atoms with Gasteiger partial charge in [0.25, 0.3) is 0 Å². The molecule has 2 fully saturated rings. The van der Waals surface area contributed by atoms with Gasteiger partial charge in [0.1, 0.15) is 0 Å². The number of nitrogens with two attached hydrogens (primary N) is 1. The van der Waals surface area contributed by atoms with E-state index < -0.39 is 0 Å². The van der Waals surface area contributed by atoms with Gasteiger partial charge in [0.15, 0.2) is 5.96 Å². The Kier molecular flexibility index (Phi) is 6.18. The highest BCUT2D eigenvalue weighted by Crippen LogP contribution is 2.28. The van der Waals surface area contributed by atoms with Gasteiger partial charge < -0.3 is 11.1 Å². The van der Waals surface area contributed by atoms with E-state index in [9.17, 15) is 0 Å². The molecule has 3 heteroatoms. The standard InChI is InChI=1S/C17H33N3/c1-13(15-9-5-3-6-10-15)19-17(18)20-14(2)16-11-7-4-8-12-16/h13-16H,3-12H2,1-2H3,(H3,18,19,20)/t13-,14-/m1/s1. The van der Waals surface area contributed by atoms with E-state index in [1.165, 1.54) is 64.2 Å². The van der Waals surface area contributed by atoms with Crippen molar-refractivity contribution in [2.45, 2.75) is 90.1 Å². The van der Waals surface area contributed by atoms with Gasteiger partial charge in [-0.05, 0) is 51.4 Å². The Morgan fingerprint density at radius 2 is 1.40 bits per heavy atom. The quantitative estimate of drug-likeness (QED) is 0.607. The van der Waals surface area contributed by atoms with Crippen molar-refractivity contribution in [3.63, 3.8) is 0 Å². The van der Waals surface area contributed by atoms with E-state index in [2.05, 4.69) is 19.2 Å². The van der Waals surface area contributed by atoms with Gasteiger partial charge in [0.05, 0.1) is 6.04 Å². The minimum absolute atomic E-state index is 0.376. The molecule has 0 saturated heterocycles. The Labute approximate surface area is 124 Å². The molecular weight excluding hydrogens is 246 g/mol. The Morgan fingerprint density at radius 3 is 1.95 bits per heavy atom. The summed E-state index contributed by atoms with van der Waals surface area (Å²) in [5.41, 5.74) is 6.13. The molecule has 0 aliphatic heterocycles. The number of aliphatic imine (C=N–C) groups is 1. The summed E-state index contributed by atoms with van der Waals surface area (Å²) in [5.74, 6) is 2.19. The second-order valence-corrected chi connectivity index (χ2v) is 6.98. The van der Waals surface area contributed by atoms with Gasteiger partial charge in [0, 0.05) is 6.04 Å². The van der Waals surface area contributed by atoms with E-state index in [0.717, 1.165) is 11.8 Å². The fourth-order valence-corrected chi connectivity index (χ4v) is 3.96. The molecule has 0 heterocycles. The Balaban J connectivity index is 1.79. The predicted molar refractivity (Wildman–Crippen MR) is 86.8 cm³/mol. The monoisotopic (exact) mass is 279 g/mol. The second kappa shape index (κ2) is 7.90. The summed E-state index contributed by atoms with van der Waals surface area (Å²) in [4.78, 5) is 4.72. The van der Waals surface area contributed by atoms with Crippen LogP contribution in [0.25, 0.3) is 0 Å². The number of nitrogens with zero attached hydrogens (tertiary/aromatic N) is 1. The van der Waals surface area contributed by atoms with E-state index in [1.807, 2.05) is 0 Å². The van der Waals surface area contributed by atoms with Gasteiger partial charge in [-0.3, -0.25) is 4.99 Å². The first-order valence-electron chi connectivity index (χ1n) is 8.76. The molecule has 0 spiro atoms. The summed E-state index contributed by atoms with van der Waals surface area (Å²) in [6.45, 7) is 4.50. The molecule has 20 heavy (non-hydrogen) atoms. The second-order valence-electron chi connectivity index (χ2n) is 6.98. The van der Waals surface area contributed by atoms with Crippen molar-refractivity contribution in [3.05, 3.63) is 0 Å². The van der Waals surface area contributed by atoms with Crippen molar-refractivity contribution in [2.75, 3.05) is 0 Å². The van der Waals surface area contributed by atoms with Gasteiger partial charge in [-0.2, -0.15) is 0 Å². The molecular formula is C17H33N3. The SMILES string of the molecule is C[C@@H](N=C(N)N[C@H](C)C1CCCCC1)C1CCCCC1. The lowest BCUT2D eigenvalue weighted by atomic mass is 9.84. The van der Waals surface area contributed by atoms with Gasteiger partial charge in [-0.1, -0.05) is 38.5 Å². The third-order valence-electron chi connectivity index (χ3n) is 5.41. The highest BCUT2D eigenvalue weighted by Gasteiger charge is 2.22. The zero-order chi connectivity index (χ0) is 14.4. The number of hydrogen-bond acceptors (Lipinski definition) is 1. The van der Waals surface area contributed by atoms with Gasteiger partial charge >= 0.3 is 0 Å². The molecule has 0 bridgehead atoms. The normalized spacial score (nSPS) is 26.2. The van der Waals surface area contributed by atoms with Crippen LogP contribution in [0.5, 0.6) is 0 Å². The maximum absolute atomic E-state index is 6.13. The zero-order valence-electron chi connectivity index (χ0n) is 13.4. The fourth-order valence-electron chi connectivity index (χ4n) is 3.96. The van der Waals surface area contributed by atoms with Crippen molar-refractivity contribution in [3.8, 4) is 0 Å². The van der Waals surface area contributed by atoms with Crippen molar-refractivity contribution < 1.29 is 0 Å². The average molecular weight is 279 g/mol. The molecule has 0 aromatic rings. The average Bonchev–Trinajstić information content (AvgIpc) is 2.49. The van der Waals surface area contributed by atoms with Crippen molar-refractivity contribution in [1.82, 2.24) is 5.32 Å². The van der Waals surface area contributed by atoms with E-state index in [1.54, 1.807) is 0 Å². The molecule has 2 rings (SSSR count). The van der Waals surface area contributed by atoms with Crippen LogP contribution in [-0.4, -0.2) is 18.0 Å². The minimum atomic E-state index is 0.376. The molecule has 2 atom stereocenters. The van der Waals surface area contributed by atoms with Crippen LogP contribution >= 0.6 is 0 Å². The van der Waals surface area contributed by atoms with Crippen LogP contribution in [0.15, 0.2) is 4.99 Å². The largest absolute Gasteiger partial charge is 0.370 e. The minimum Gasteiger partial charge on any atom is -0.370 e. The number of hydrogen-bond donors (Lipinski definition) is 2. The summed E-state index contributed by atoms with van der Waals surface area (Å²) in [6, 6.07) is 0.846. The van der Waals surface area contributed by atoms with Crippen LogP contribution in [0.3, 0.4) is 0 Å². The van der Waals surface area contributed by atoms with Crippen LogP contribution in [0, 0.1) is 11.8 Å². The number of nitrogens with one attached hydrogen (secondary N) is 1. The molecule has 116 valence electrons. The molecule has 2 aliphatic rings. The molecule has 3 N–H and O–H groups in total. The highest BCUT2D eigenvalue weighted by molar-refractivity contribution is 5.78. The number of guanidine groups is 1. The van der Waals surface area contributed by atoms with Crippen LogP contribution < -0.4 is 11.1 Å². The summed E-state index contributed by atoms with van der Waals surface area (Å²) in [5, 5.41) is 3.45. The smallest absolute Gasteiger partial charge is 0.189 e. The van der Waals surface area contributed by atoms with Gasteiger partial charge in [0.2, 0.25) is 0 Å². The zero-order valence-corrected chi connectivity index (χ0v) is 13.4. The van der Waals surface area contributed by atoms with Crippen molar-refractivity contribution in [2.24, 2.45) is 22.6 Å².